The molecule has 0 bridgehead atoms. The molecular weight excluding hydrogens is 278 g/mol. The molecule has 110 valence electrons. The van der Waals surface area contributed by atoms with Crippen molar-refractivity contribution in [2.45, 2.75) is 6.92 Å². The van der Waals surface area contributed by atoms with Crippen molar-refractivity contribution in [1.29, 1.82) is 0 Å². The number of fused-ring (bicyclic) bond motifs is 1. The molecule has 3 rings (SSSR count). The van der Waals surface area contributed by atoms with Crippen molar-refractivity contribution in [2.75, 3.05) is 11.4 Å². The minimum Gasteiger partial charge on any atom is -0.293 e. The highest BCUT2D eigenvalue weighted by atomic mass is 16.2. The first kappa shape index (κ1) is 14.0. The molecule has 1 aliphatic heterocycles. The number of rotatable bonds is 2. The fourth-order valence-corrected chi connectivity index (χ4v) is 2.34. The third-order valence-electron chi connectivity index (χ3n) is 3.42. The van der Waals surface area contributed by atoms with Crippen molar-refractivity contribution in [3.05, 3.63) is 60.7 Å². The van der Waals surface area contributed by atoms with Gasteiger partial charge in [-0.2, -0.15) is 9.78 Å². The van der Waals surface area contributed by atoms with Crippen LogP contribution >= 0.6 is 0 Å². The number of likely N-dealkylation sites (N-methyl/N-ethyl adjacent to an activating group) is 1. The molecule has 0 aliphatic carbocycles. The monoisotopic (exact) mass is 293 g/mol. The summed E-state index contributed by atoms with van der Waals surface area (Å²) in [7, 11) is 0. The van der Waals surface area contributed by atoms with Gasteiger partial charge in [0.2, 0.25) is 0 Å². The Morgan fingerprint density at radius 1 is 1.00 bits per heavy atom. The van der Waals surface area contributed by atoms with Gasteiger partial charge >= 0.3 is 0 Å². The van der Waals surface area contributed by atoms with Crippen molar-refractivity contribution in [2.24, 2.45) is 0 Å². The Morgan fingerprint density at radius 2 is 1.68 bits per heavy atom. The molecule has 0 spiro atoms. The summed E-state index contributed by atoms with van der Waals surface area (Å²) in [6.45, 7) is 2.32. The lowest BCUT2D eigenvalue weighted by Crippen LogP contribution is -2.31. The van der Waals surface area contributed by atoms with E-state index in [0.29, 0.717) is 18.1 Å². The zero-order valence-electron chi connectivity index (χ0n) is 12.1. The van der Waals surface area contributed by atoms with Crippen molar-refractivity contribution >= 4 is 17.6 Å². The van der Waals surface area contributed by atoms with Gasteiger partial charge in [0.1, 0.15) is 5.82 Å². The van der Waals surface area contributed by atoms with Crippen LogP contribution in [0.5, 0.6) is 0 Å². The molecule has 0 saturated carbocycles. The van der Waals surface area contributed by atoms with Gasteiger partial charge in [-0.25, -0.2) is 0 Å². The van der Waals surface area contributed by atoms with E-state index in [4.69, 9.17) is 0 Å². The number of benzene rings is 1. The van der Waals surface area contributed by atoms with Crippen LogP contribution in [0.25, 0.3) is 11.3 Å². The van der Waals surface area contributed by atoms with Crippen LogP contribution < -0.4 is 4.90 Å². The lowest BCUT2D eigenvalue weighted by atomic mass is 10.1. The van der Waals surface area contributed by atoms with E-state index in [2.05, 4.69) is 5.10 Å². The number of allylic oxidation sites excluding steroid dienone is 3. The molecule has 2 heterocycles. The standard InChI is InChI=1S/C17H15N3O2/c1-2-19-15-12-14(13-8-4-3-5-9-13)18-20(15)17(22)11-7-6-10-16(19)21/h3-12H,2H2,1H3/b10-6+,11-7+. The van der Waals surface area contributed by atoms with E-state index in [-0.39, 0.29) is 11.8 Å². The SMILES string of the molecule is CCN1C(=O)/C=C/C=C/C(=O)n2nc(-c3ccccc3)cc21. The zero-order chi connectivity index (χ0) is 15.5. The van der Waals surface area contributed by atoms with E-state index in [9.17, 15) is 9.59 Å². The normalized spacial score (nSPS) is 17.4. The van der Waals surface area contributed by atoms with Crippen LogP contribution in [0.2, 0.25) is 0 Å². The Hall–Kier alpha value is -2.95. The molecule has 1 amide bonds. The van der Waals surface area contributed by atoms with Crippen LogP contribution in [0, 0.1) is 0 Å². The van der Waals surface area contributed by atoms with Gasteiger partial charge in [0, 0.05) is 30.3 Å². The zero-order valence-corrected chi connectivity index (χ0v) is 12.1. The first-order chi connectivity index (χ1) is 10.7. The van der Waals surface area contributed by atoms with Gasteiger partial charge in [-0.05, 0) is 6.92 Å². The number of anilines is 1. The fourth-order valence-electron chi connectivity index (χ4n) is 2.34. The third kappa shape index (κ3) is 2.48. The Labute approximate surface area is 128 Å². The second kappa shape index (κ2) is 5.81. The summed E-state index contributed by atoms with van der Waals surface area (Å²) in [5.74, 6) is 0.0187. The molecular formula is C17H15N3O2. The maximum atomic E-state index is 12.3. The van der Waals surface area contributed by atoms with Crippen LogP contribution in [0.15, 0.2) is 60.7 Å². The lowest BCUT2D eigenvalue weighted by Gasteiger charge is -2.18. The number of amides is 1. The minimum absolute atomic E-state index is 0.178. The highest BCUT2D eigenvalue weighted by Crippen LogP contribution is 2.25. The first-order valence-corrected chi connectivity index (χ1v) is 7.07. The summed E-state index contributed by atoms with van der Waals surface area (Å²) in [5, 5.41) is 4.37. The maximum absolute atomic E-state index is 12.3. The van der Waals surface area contributed by atoms with Crippen molar-refractivity contribution in [3.63, 3.8) is 0 Å². The van der Waals surface area contributed by atoms with Crippen LogP contribution in [-0.4, -0.2) is 28.1 Å². The molecule has 1 aromatic carbocycles. The molecule has 0 radical (unpaired) electrons. The fraction of sp³-hybridized carbons (Fsp3) is 0.118. The van der Waals surface area contributed by atoms with E-state index in [1.165, 1.54) is 21.7 Å². The third-order valence-corrected chi connectivity index (χ3v) is 3.42. The van der Waals surface area contributed by atoms with Gasteiger partial charge < -0.3 is 0 Å². The predicted molar refractivity (Wildman–Crippen MR) is 84.6 cm³/mol. The van der Waals surface area contributed by atoms with Gasteiger partial charge in [0.15, 0.2) is 0 Å². The summed E-state index contributed by atoms with van der Waals surface area (Å²) in [5.41, 5.74) is 1.56. The van der Waals surface area contributed by atoms with Crippen LogP contribution in [0.1, 0.15) is 11.7 Å². The summed E-state index contributed by atoms with van der Waals surface area (Å²) < 4.78 is 1.27. The molecule has 0 unspecified atom stereocenters. The first-order valence-electron chi connectivity index (χ1n) is 7.07. The second-order valence-electron chi connectivity index (χ2n) is 4.80. The number of hydrogen-bond donors (Lipinski definition) is 0. The largest absolute Gasteiger partial charge is 0.293 e. The minimum atomic E-state index is -0.282. The van der Waals surface area contributed by atoms with E-state index >= 15 is 0 Å². The van der Waals surface area contributed by atoms with Crippen LogP contribution in [0.4, 0.5) is 5.82 Å². The molecule has 5 heteroatoms. The van der Waals surface area contributed by atoms with Crippen molar-refractivity contribution in [1.82, 2.24) is 9.78 Å². The molecule has 1 aliphatic rings. The molecule has 2 aromatic rings. The van der Waals surface area contributed by atoms with Gasteiger partial charge in [0.05, 0.1) is 5.69 Å². The van der Waals surface area contributed by atoms with Gasteiger partial charge in [0.25, 0.3) is 11.8 Å². The molecule has 0 N–H and O–H groups in total. The number of aromatic nitrogens is 2. The van der Waals surface area contributed by atoms with E-state index in [0.717, 1.165) is 5.56 Å². The number of carbonyl (C=O) groups is 2. The Morgan fingerprint density at radius 3 is 2.36 bits per heavy atom. The average Bonchev–Trinajstić information content (AvgIpc) is 2.98. The maximum Gasteiger partial charge on any atom is 0.272 e. The molecule has 0 fully saturated rings. The number of nitrogens with zero attached hydrogens (tertiary/aromatic N) is 3. The summed E-state index contributed by atoms with van der Waals surface area (Å²) in [6.07, 6.45) is 5.95. The van der Waals surface area contributed by atoms with E-state index < -0.39 is 0 Å². The Balaban J connectivity index is 2.16. The molecule has 1 aromatic heterocycles. The van der Waals surface area contributed by atoms with E-state index in [1.54, 1.807) is 18.2 Å². The highest BCUT2D eigenvalue weighted by Gasteiger charge is 2.22. The Bertz CT molecular complexity index is 772. The lowest BCUT2D eigenvalue weighted by molar-refractivity contribution is -0.114. The van der Waals surface area contributed by atoms with Crippen LogP contribution in [0.3, 0.4) is 0 Å². The van der Waals surface area contributed by atoms with Gasteiger partial charge in [-0.1, -0.05) is 42.5 Å². The van der Waals surface area contributed by atoms with Crippen LogP contribution in [-0.2, 0) is 4.79 Å². The van der Waals surface area contributed by atoms with Gasteiger partial charge in [-0.3, -0.25) is 14.5 Å². The quantitative estimate of drug-likeness (QED) is 0.855. The predicted octanol–water partition coefficient (Wildman–Crippen LogP) is 2.67. The smallest absolute Gasteiger partial charge is 0.272 e. The number of carbonyl (C=O) groups excluding carboxylic acids is 2. The second-order valence-corrected chi connectivity index (χ2v) is 4.80. The molecule has 22 heavy (non-hydrogen) atoms. The molecule has 0 saturated heterocycles. The summed E-state index contributed by atoms with van der Waals surface area (Å²) in [4.78, 5) is 26.0. The Kier molecular flexibility index (Phi) is 3.70. The average molecular weight is 293 g/mol. The summed E-state index contributed by atoms with van der Waals surface area (Å²) >= 11 is 0. The van der Waals surface area contributed by atoms with E-state index in [1.807, 2.05) is 37.3 Å². The summed E-state index contributed by atoms with van der Waals surface area (Å²) in [6, 6.07) is 11.3. The number of hydrogen-bond acceptors (Lipinski definition) is 3. The topological polar surface area (TPSA) is 55.2 Å². The highest BCUT2D eigenvalue weighted by molar-refractivity contribution is 6.04. The molecule has 0 atom stereocenters. The molecule has 5 nitrogen and oxygen atoms in total. The van der Waals surface area contributed by atoms with Crippen molar-refractivity contribution in [3.8, 4) is 11.3 Å². The van der Waals surface area contributed by atoms with Crippen molar-refractivity contribution < 1.29 is 9.59 Å². The van der Waals surface area contributed by atoms with Gasteiger partial charge in [-0.15, -0.1) is 0 Å².